The van der Waals surface area contributed by atoms with Crippen LogP contribution in [0.3, 0.4) is 0 Å². The zero-order chi connectivity index (χ0) is 16.5. The molecule has 1 fully saturated rings. The number of primary amides is 1. The lowest BCUT2D eigenvalue weighted by Crippen LogP contribution is -2.28. The summed E-state index contributed by atoms with van der Waals surface area (Å²) < 4.78 is 0. The monoisotopic (exact) mass is 318 g/mol. The molecular formula is C19H18N4O. The van der Waals surface area contributed by atoms with E-state index < -0.39 is 0 Å². The molecule has 2 N–H and O–H groups in total. The molecular weight excluding hydrogens is 300 g/mol. The maximum atomic E-state index is 11.4. The van der Waals surface area contributed by atoms with Gasteiger partial charge in [0.05, 0.1) is 17.1 Å². The first-order valence-corrected chi connectivity index (χ1v) is 8.09. The fraction of sp³-hybridized carbons (Fsp3) is 0.211. The molecule has 0 saturated carbocycles. The second kappa shape index (κ2) is 5.92. The van der Waals surface area contributed by atoms with E-state index in [-0.39, 0.29) is 11.8 Å². The Morgan fingerprint density at radius 1 is 1.04 bits per heavy atom. The second-order valence-electron chi connectivity index (χ2n) is 6.09. The lowest BCUT2D eigenvalue weighted by molar-refractivity contribution is -0.121. The molecule has 2 heterocycles. The van der Waals surface area contributed by atoms with E-state index in [2.05, 4.69) is 12.1 Å². The van der Waals surface area contributed by atoms with Gasteiger partial charge in [0.15, 0.2) is 0 Å². The summed E-state index contributed by atoms with van der Waals surface area (Å²) in [6.07, 6.45) is 0.756. The highest BCUT2D eigenvalue weighted by Crippen LogP contribution is 2.29. The Morgan fingerprint density at radius 3 is 2.54 bits per heavy atom. The van der Waals surface area contributed by atoms with Gasteiger partial charge in [0, 0.05) is 24.0 Å². The van der Waals surface area contributed by atoms with Crippen molar-refractivity contribution < 1.29 is 4.79 Å². The van der Waals surface area contributed by atoms with Crippen LogP contribution in [0.4, 0.5) is 5.95 Å². The van der Waals surface area contributed by atoms with Gasteiger partial charge in [-0.1, -0.05) is 48.5 Å². The maximum absolute atomic E-state index is 11.4. The highest BCUT2D eigenvalue weighted by Gasteiger charge is 2.28. The number of fused-ring (bicyclic) bond motifs is 1. The predicted octanol–water partition coefficient (Wildman–Crippen LogP) is 2.61. The summed E-state index contributed by atoms with van der Waals surface area (Å²) in [6.45, 7) is 1.34. The Bertz CT molecular complexity index is 894. The van der Waals surface area contributed by atoms with E-state index in [1.165, 1.54) is 0 Å². The number of hydrogen-bond donors (Lipinski definition) is 1. The van der Waals surface area contributed by atoms with E-state index in [9.17, 15) is 4.79 Å². The van der Waals surface area contributed by atoms with Crippen molar-refractivity contribution in [3.63, 3.8) is 0 Å². The normalized spacial score (nSPS) is 17.3. The molecule has 1 aliphatic rings. The largest absolute Gasteiger partial charge is 0.369 e. The van der Waals surface area contributed by atoms with Gasteiger partial charge in [0.1, 0.15) is 0 Å². The Balaban J connectivity index is 1.82. The first-order valence-electron chi connectivity index (χ1n) is 8.09. The molecule has 1 aromatic heterocycles. The number of benzene rings is 2. The average Bonchev–Trinajstić information content (AvgIpc) is 3.12. The molecule has 0 radical (unpaired) electrons. The van der Waals surface area contributed by atoms with E-state index in [0.29, 0.717) is 12.5 Å². The van der Waals surface area contributed by atoms with Crippen LogP contribution in [0.1, 0.15) is 6.42 Å². The number of para-hydroxylation sites is 1. The van der Waals surface area contributed by atoms with E-state index in [1.54, 1.807) is 0 Å². The average molecular weight is 318 g/mol. The third-order valence-electron chi connectivity index (χ3n) is 4.51. The zero-order valence-corrected chi connectivity index (χ0v) is 13.2. The number of anilines is 1. The van der Waals surface area contributed by atoms with Crippen molar-refractivity contribution in [2.45, 2.75) is 6.42 Å². The van der Waals surface area contributed by atoms with Crippen molar-refractivity contribution in [2.24, 2.45) is 11.7 Å². The first-order chi connectivity index (χ1) is 11.7. The fourth-order valence-corrected chi connectivity index (χ4v) is 3.20. The minimum absolute atomic E-state index is 0.125. The summed E-state index contributed by atoms with van der Waals surface area (Å²) in [7, 11) is 0. The van der Waals surface area contributed by atoms with Gasteiger partial charge in [-0.05, 0) is 12.5 Å². The van der Waals surface area contributed by atoms with Crippen LogP contribution in [-0.4, -0.2) is 29.0 Å². The minimum atomic E-state index is -0.249. The van der Waals surface area contributed by atoms with Crippen LogP contribution in [0.5, 0.6) is 0 Å². The van der Waals surface area contributed by atoms with Crippen molar-refractivity contribution >= 4 is 22.8 Å². The summed E-state index contributed by atoms with van der Waals surface area (Å²) >= 11 is 0. The number of aromatic nitrogens is 2. The number of nitrogens with two attached hydrogens (primary N) is 1. The molecule has 0 aliphatic carbocycles. The first kappa shape index (κ1) is 14.6. The molecule has 5 heteroatoms. The number of rotatable bonds is 3. The van der Waals surface area contributed by atoms with Gasteiger partial charge < -0.3 is 10.6 Å². The van der Waals surface area contributed by atoms with E-state index in [0.717, 1.165) is 35.1 Å². The molecule has 3 aromatic rings. The van der Waals surface area contributed by atoms with Crippen molar-refractivity contribution in [1.29, 1.82) is 0 Å². The highest BCUT2D eigenvalue weighted by atomic mass is 16.1. The zero-order valence-electron chi connectivity index (χ0n) is 13.2. The summed E-state index contributed by atoms with van der Waals surface area (Å²) in [5, 5.41) is 1.03. The molecule has 5 nitrogen and oxygen atoms in total. The SMILES string of the molecule is NC(=O)[C@H]1CCN(c2nc(-c3ccccc3)c3ccccc3n2)C1. The minimum Gasteiger partial charge on any atom is -0.369 e. The van der Waals surface area contributed by atoms with Gasteiger partial charge in [0.2, 0.25) is 11.9 Å². The number of hydrogen-bond acceptors (Lipinski definition) is 4. The van der Waals surface area contributed by atoms with Crippen LogP contribution in [0.2, 0.25) is 0 Å². The molecule has 0 bridgehead atoms. The molecule has 4 rings (SSSR count). The van der Waals surface area contributed by atoms with E-state index in [4.69, 9.17) is 15.7 Å². The Hall–Kier alpha value is -2.95. The molecule has 1 amide bonds. The fourth-order valence-electron chi connectivity index (χ4n) is 3.20. The number of carbonyl (C=O) groups excluding carboxylic acids is 1. The Kier molecular flexibility index (Phi) is 3.61. The van der Waals surface area contributed by atoms with E-state index in [1.807, 2.05) is 47.4 Å². The number of amides is 1. The molecule has 24 heavy (non-hydrogen) atoms. The van der Waals surface area contributed by atoms with Gasteiger partial charge in [0.25, 0.3) is 0 Å². The third-order valence-corrected chi connectivity index (χ3v) is 4.51. The Labute approximate surface area is 140 Å². The molecule has 1 saturated heterocycles. The second-order valence-corrected chi connectivity index (χ2v) is 6.09. The molecule has 2 aromatic carbocycles. The van der Waals surface area contributed by atoms with Gasteiger partial charge >= 0.3 is 0 Å². The quantitative estimate of drug-likeness (QED) is 0.806. The highest BCUT2D eigenvalue weighted by molar-refractivity contribution is 5.93. The van der Waals surface area contributed by atoms with Crippen LogP contribution in [0.15, 0.2) is 54.6 Å². The maximum Gasteiger partial charge on any atom is 0.226 e. The molecule has 0 unspecified atom stereocenters. The standard InChI is InChI=1S/C19H18N4O/c20-18(24)14-10-11-23(12-14)19-21-16-9-5-4-8-15(16)17(22-19)13-6-2-1-3-7-13/h1-9,14H,10-12H2,(H2,20,24)/t14-/m0/s1. The molecule has 120 valence electrons. The predicted molar refractivity (Wildman–Crippen MR) is 94.5 cm³/mol. The van der Waals surface area contributed by atoms with Crippen LogP contribution < -0.4 is 10.6 Å². The van der Waals surface area contributed by atoms with E-state index >= 15 is 0 Å². The Morgan fingerprint density at radius 2 is 1.79 bits per heavy atom. The van der Waals surface area contributed by atoms with Crippen LogP contribution in [0.25, 0.3) is 22.2 Å². The van der Waals surface area contributed by atoms with Crippen LogP contribution in [-0.2, 0) is 4.79 Å². The smallest absolute Gasteiger partial charge is 0.226 e. The van der Waals surface area contributed by atoms with Gasteiger partial charge in [-0.15, -0.1) is 0 Å². The lowest BCUT2D eigenvalue weighted by atomic mass is 10.1. The molecule has 0 spiro atoms. The van der Waals surface area contributed by atoms with Crippen molar-refractivity contribution in [1.82, 2.24) is 9.97 Å². The lowest BCUT2D eigenvalue weighted by Gasteiger charge is -2.18. The topological polar surface area (TPSA) is 72.1 Å². The summed E-state index contributed by atoms with van der Waals surface area (Å²) in [5.74, 6) is 0.290. The van der Waals surface area contributed by atoms with Crippen molar-refractivity contribution in [3.05, 3.63) is 54.6 Å². The number of nitrogens with zero attached hydrogens (tertiary/aromatic N) is 3. The van der Waals surface area contributed by atoms with Gasteiger partial charge in [-0.3, -0.25) is 4.79 Å². The van der Waals surface area contributed by atoms with Crippen LogP contribution in [0, 0.1) is 5.92 Å². The third kappa shape index (κ3) is 2.58. The molecule has 1 atom stereocenters. The van der Waals surface area contributed by atoms with Crippen molar-refractivity contribution in [2.75, 3.05) is 18.0 Å². The van der Waals surface area contributed by atoms with Gasteiger partial charge in [-0.25, -0.2) is 9.97 Å². The number of carbonyl (C=O) groups is 1. The van der Waals surface area contributed by atoms with Gasteiger partial charge in [-0.2, -0.15) is 0 Å². The summed E-state index contributed by atoms with van der Waals surface area (Å²) in [4.78, 5) is 23.0. The summed E-state index contributed by atoms with van der Waals surface area (Å²) in [5.41, 5.74) is 8.32. The van der Waals surface area contributed by atoms with Crippen molar-refractivity contribution in [3.8, 4) is 11.3 Å². The molecule has 1 aliphatic heterocycles. The van der Waals surface area contributed by atoms with Crippen LogP contribution >= 0.6 is 0 Å². The summed E-state index contributed by atoms with van der Waals surface area (Å²) in [6, 6.07) is 18.1.